The zero-order valence-electron chi connectivity index (χ0n) is 36.6. The first-order chi connectivity index (χ1) is 28.0. The summed E-state index contributed by atoms with van der Waals surface area (Å²) in [6.07, 6.45) is 58.4. The first-order valence-corrected chi connectivity index (χ1v) is 22.7. The Morgan fingerprint density at radius 1 is 0.368 bits per heavy atom. The molecule has 0 fully saturated rings. The van der Waals surface area contributed by atoms with Crippen LogP contribution in [0.2, 0.25) is 0 Å². The lowest BCUT2D eigenvalue weighted by molar-refractivity contribution is -0.166. The molecule has 0 aliphatic carbocycles. The molecule has 0 saturated carbocycles. The highest BCUT2D eigenvalue weighted by molar-refractivity contribution is 5.71. The SMILES string of the molecule is CC/C=C\C/C=C\C/C=C\C/C=C\C/C=C\C/C=C\CCC(=O)OCC(COC(=O)CCCCCCCCC)OC(=O)CCCCCCC/C=C\C/C=C\CCC. The van der Waals surface area contributed by atoms with E-state index in [2.05, 4.69) is 106 Å². The Bertz CT molecular complexity index is 1180. The van der Waals surface area contributed by atoms with Crippen molar-refractivity contribution in [2.45, 2.75) is 194 Å². The monoisotopic (exact) mass is 791 g/mol. The lowest BCUT2D eigenvalue weighted by Crippen LogP contribution is -2.30. The fourth-order valence-corrected chi connectivity index (χ4v) is 5.68. The second-order valence-corrected chi connectivity index (χ2v) is 14.6. The van der Waals surface area contributed by atoms with Gasteiger partial charge in [-0.05, 0) is 83.5 Å². The number of ether oxygens (including phenoxy) is 3. The van der Waals surface area contributed by atoms with Crippen LogP contribution in [0.1, 0.15) is 188 Å². The summed E-state index contributed by atoms with van der Waals surface area (Å²) in [6, 6.07) is 0. The fourth-order valence-electron chi connectivity index (χ4n) is 5.68. The number of hydrogen-bond acceptors (Lipinski definition) is 6. The Kier molecular flexibility index (Phi) is 42.1. The van der Waals surface area contributed by atoms with Crippen molar-refractivity contribution in [1.29, 1.82) is 0 Å². The van der Waals surface area contributed by atoms with Gasteiger partial charge in [-0.3, -0.25) is 14.4 Å². The molecule has 1 atom stereocenters. The Labute approximate surface area is 349 Å². The molecule has 0 bridgehead atoms. The molecule has 0 aromatic heterocycles. The standard InChI is InChI=1S/C51H82O6/c1-4-7-10-13-16-18-20-22-23-24-25-26-27-29-30-32-35-38-41-44-50(53)56-47-48(46-55-49(52)43-40-37-34-15-12-9-6-3)57-51(54)45-42-39-36-33-31-28-21-19-17-14-11-8-5-2/h7,10-11,14,16,18-19,21-23,25-26,29-30,35,38,48H,4-6,8-9,12-13,15,17,20,24,27-28,31-34,36-37,39-47H2,1-3H3/b10-7-,14-11-,18-16-,21-19-,23-22-,26-25-,30-29-,38-35-. The van der Waals surface area contributed by atoms with Gasteiger partial charge in [0.15, 0.2) is 6.10 Å². The van der Waals surface area contributed by atoms with E-state index in [1.165, 1.54) is 32.1 Å². The number of hydrogen-bond donors (Lipinski definition) is 0. The lowest BCUT2D eigenvalue weighted by Gasteiger charge is -2.18. The second kappa shape index (κ2) is 45.0. The van der Waals surface area contributed by atoms with Crippen molar-refractivity contribution >= 4 is 17.9 Å². The Morgan fingerprint density at radius 3 is 1.25 bits per heavy atom. The predicted octanol–water partition coefficient (Wildman–Crippen LogP) is 14.6. The van der Waals surface area contributed by atoms with Crippen LogP contribution >= 0.6 is 0 Å². The van der Waals surface area contributed by atoms with Crippen molar-refractivity contribution in [3.63, 3.8) is 0 Å². The van der Waals surface area contributed by atoms with Gasteiger partial charge in [0.2, 0.25) is 0 Å². The highest BCUT2D eigenvalue weighted by atomic mass is 16.6. The molecule has 0 N–H and O–H groups in total. The summed E-state index contributed by atoms with van der Waals surface area (Å²) in [7, 11) is 0. The third-order valence-corrected chi connectivity index (χ3v) is 9.07. The van der Waals surface area contributed by atoms with Crippen molar-refractivity contribution < 1.29 is 28.6 Å². The predicted molar refractivity (Wildman–Crippen MR) is 242 cm³/mol. The number of carbonyl (C=O) groups is 3. The van der Waals surface area contributed by atoms with Crippen LogP contribution in [-0.2, 0) is 28.6 Å². The van der Waals surface area contributed by atoms with Gasteiger partial charge >= 0.3 is 17.9 Å². The summed E-state index contributed by atoms with van der Waals surface area (Å²) in [5, 5.41) is 0. The molecule has 0 saturated heterocycles. The van der Waals surface area contributed by atoms with Crippen LogP contribution in [0.15, 0.2) is 97.2 Å². The number of carbonyl (C=O) groups excluding carboxylic acids is 3. The van der Waals surface area contributed by atoms with E-state index in [1.54, 1.807) is 0 Å². The molecule has 0 amide bonds. The maximum absolute atomic E-state index is 12.7. The van der Waals surface area contributed by atoms with Crippen LogP contribution in [0.3, 0.4) is 0 Å². The third-order valence-electron chi connectivity index (χ3n) is 9.07. The van der Waals surface area contributed by atoms with E-state index in [0.717, 1.165) is 109 Å². The summed E-state index contributed by atoms with van der Waals surface area (Å²) in [4.78, 5) is 37.6. The molecule has 0 rings (SSSR count). The lowest BCUT2D eigenvalue weighted by atomic mass is 10.1. The molecule has 0 aliphatic rings. The van der Waals surface area contributed by atoms with Gasteiger partial charge < -0.3 is 14.2 Å². The molecule has 0 aromatic carbocycles. The third kappa shape index (κ3) is 43.3. The molecule has 322 valence electrons. The molecule has 6 heteroatoms. The molecule has 0 spiro atoms. The summed E-state index contributed by atoms with van der Waals surface area (Å²) in [6.45, 7) is 6.31. The molecule has 6 nitrogen and oxygen atoms in total. The van der Waals surface area contributed by atoms with Crippen LogP contribution in [-0.4, -0.2) is 37.2 Å². The van der Waals surface area contributed by atoms with E-state index in [4.69, 9.17) is 14.2 Å². The van der Waals surface area contributed by atoms with E-state index in [1.807, 2.05) is 12.2 Å². The van der Waals surface area contributed by atoms with Crippen molar-refractivity contribution in [1.82, 2.24) is 0 Å². The molecule has 57 heavy (non-hydrogen) atoms. The zero-order chi connectivity index (χ0) is 41.5. The quantitative estimate of drug-likeness (QED) is 0.0267. The average Bonchev–Trinajstić information content (AvgIpc) is 3.21. The topological polar surface area (TPSA) is 78.9 Å². The zero-order valence-corrected chi connectivity index (χ0v) is 36.6. The molecule has 0 aliphatic heterocycles. The number of unbranched alkanes of at least 4 members (excludes halogenated alkanes) is 12. The van der Waals surface area contributed by atoms with E-state index >= 15 is 0 Å². The van der Waals surface area contributed by atoms with Gasteiger partial charge in [0.1, 0.15) is 13.2 Å². The Hall–Kier alpha value is -3.67. The molecule has 1 unspecified atom stereocenters. The molecule has 0 aromatic rings. The summed E-state index contributed by atoms with van der Waals surface area (Å²) in [5.74, 6) is -1.03. The molecular weight excluding hydrogens is 709 g/mol. The van der Waals surface area contributed by atoms with Crippen LogP contribution in [0.25, 0.3) is 0 Å². The summed E-state index contributed by atoms with van der Waals surface area (Å²) in [5.41, 5.74) is 0. The van der Waals surface area contributed by atoms with Crippen molar-refractivity contribution in [3.8, 4) is 0 Å². The van der Waals surface area contributed by atoms with Gasteiger partial charge in [-0.2, -0.15) is 0 Å². The van der Waals surface area contributed by atoms with Crippen molar-refractivity contribution in [2.24, 2.45) is 0 Å². The van der Waals surface area contributed by atoms with Gasteiger partial charge in [0.25, 0.3) is 0 Å². The van der Waals surface area contributed by atoms with E-state index < -0.39 is 6.10 Å². The maximum Gasteiger partial charge on any atom is 0.306 e. The van der Waals surface area contributed by atoms with Crippen molar-refractivity contribution in [2.75, 3.05) is 13.2 Å². The van der Waals surface area contributed by atoms with Crippen LogP contribution < -0.4 is 0 Å². The minimum Gasteiger partial charge on any atom is -0.462 e. The van der Waals surface area contributed by atoms with Crippen LogP contribution in [0.5, 0.6) is 0 Å². The number of esters is 3. The average molecular weight is 791 g/mol. The van der Waals surface area contributed by atoms with E-state index in [-0.39, 0.29) is 37.5 Å². The number of allylic oxidation sites excluding steroid dienone is 16. The van der Waals surface area contributed by atoms with Gasteiger partial charge in [-0.1, -0.05) is 182 Å². The molecule has 0 heterocycles. The summed E-state index contributed by atoms with van der Waals surface area (Å²) >= 11 is 0. The van der Waals surface area contributed by atoms with Crippen molar-refractivity contribution in [3.05, 3.63) is 97.2 Å². The van der Waals surface area contributed by atoms with Gasteiger partial charge in [-0.15, -0.1) is 0 Å². The summed E-state index contributed by atoms with van der Waals surface area (Å²) < 4.78 is 16.6. The fraction of sp³-hybridized carbons (Fsp3) is 0.627. The highest BCUT2D eigenvalue weighted by Gasteiger charge is 2.19. The Morgan fingerprint density at radius 2 is 0.754 bits per heavy atom. The first-order valence-electron chi connectivity index (χ1n) is 22.7. The second-order valence-electron chi connectivity index (χ2n) is 14.6. The van der Waals surface area contributed by atoms with E-state index in [0.29, 0.717) is 19.3 Å². The minimum absolute atomic E-state index is 0.108. The first kappa shape index (κ1) is 53.3. The van der Waals surface area contributed by atoms with Crippen LogP contribution in [0, 0.1) is 0 Å². The van der Waals surface area contributed by atoms with Gasteiger partial charge in [-0.25, -0.2) is 0 Å². The van der Waals surface area contributed by atoms with Crippen LogP contribution in [0.4, 0.5) is 0 Å². The molecular formula is C51H82O6. The Balaban J connectivity index is 4.46. The minimum atomic E-state index is -0.811. The normalized spacial score (nSPS) is 13.0. The molecule has 0 radical (unpaired) electrons. The van der Waals surface area contributed by atoms with E-state index in [9.17, 15) is 14.4 Å². The maximum atomic E-state index is 12.7. The number of rotatable bonds is 39. The smallest absolute Gasteiger partial charge is 0.306 e. The van der Waals surface area contributed by atoms with Gasteiger partial charge in [0.05, 0.1) is 0 Å². The highest BCUT2D eigenvalue weighted by Crippen LogP contribution is 2.12. The van der Waals surface area contributed by atoms with Gasteiger partial charge in [0, 0.05) is 19.3 Å². The largest absolute Gasteiger partial charge is 0.462 e.